The number of hydrogen-bond acceptors (Lipinski definition) is 3. The van der Waals surface area contributed by atoms with E-state index in [0.29, 0.717) is 5.56 Å². The Bertz CT molecular complexity index is 501. The van der Waals surface area contributed by atoms with Crippen molar-refractivity contribution in [2.75, 3.05) is 0 Å². The van der Waals surface area contributed by atoms with Crippen molar-refractivity contribution in [3.63, 3.8) is 0 Å². The van der Waals surface area contributed by atoms with E-state index in [0.717, 1.165) is 0 Å². The summed E-state index contributed by atoms with van der Waals surface area (Å²) in [5.41, 5.74) is -0.364. The molecule has 0 spiro atoms. The predicted octanol–water partition coefficient (Wildman–Crippen LogP) is 3.29. The molecular weight excluding hydrogens is 247 g/mol. The zero-order valence-corrected chi connectivity index (χ0v) is 11.9. The van der Waals surface area contributed by atoms with Gasteiger partial charge in [-0.1, -0.05) is 12.1 Å². The topological polar surface area (TPSA) is 43.4 Å². The second-order valence-corrected chi connectivity index (χ2v) is 5.56. The van der Waals surface area contributed by atoms with Gasteiger partial charge in [-0.3, -0.25) is 9.59 Å². The van der Waals surface area contributed by atoms with E-state index in [1.165, 1.54) is 13.0 Å². The summed E-state index contributed by atoms with van der Waals surface area (Å²) in [6.07, 6.45) is 0. The number of benzene rings is 1. The van der Waals surface area contributed by atoms with Gasteiger partial charge in [0.05, 0.1) is 5.56 Å². The number of Topliss-reactive ketones (excluding diaryl/α,β-unsaturated/α-hetero) is 1. The van der Waals surface area contributed by atoms with Crippen LogP contribution in [0.15, 0.2) is 18.2 Å². The molecule has 0 radical (unpaired) electrons. The monoisotopic (exact) mass is 266 g/mol. The molecule has 0 bridgehead atoms. The summed E-state index contributed by atoms with van der Waals surface area (Å²) in [4.78, 5) is 23.9. The number of carbonyl (C=O) groups is 2. The lowest BCUT2D eigenvalue weighted by atomic mass is 9.97. The highest BCUT2D eigenvalue weighted by atomic mass is 19.1. The van der Waals surface area contributed by atoms with Crippen LogP contribution in [0.3, 0.4) is 0 Å². The smallest absolute Gasteiger partial charge is 0.317 e. The number of carbonyl (C=O) groups excluding carboxylic acids is 2. The number of aryl methyl sites for hydroxylation is 1. The van der Waals surface area contributed by atoms with Gasteiger partial charge in [0.1, 0.15) is 17.3 Å². The zero-order valence-electron chi connectivity index (χ0n) is 11.9. The van der Waals surface area contributed by atoms with Crippen LogP contribution >= 0.6 is 0 Å². The van der Waals surface area contributed by atoms with Crippen molar-refractivity contribution in [2.45, 2.75) is 40.2 Å². The van der Waals surface area contributed by atoms with Crippen LogP contribution in [0, 0.1) is 18.7 Å². The highest BCUT2D eigenvalue weighted by Gasteiger charge is 2.29. The van der Waals surface area contributed by atoms with Gasteiger partial charge in [0.25, 0.3) is 0 Å². The Morgan fingerprint density at radius 1 is 1.26 bits per heavy atom. The van der Waals surface area contributed by atoms with Gasteiger partial charge in [-0.05, 0) is 46.2 Å². The second-order valence-electron chi connectivity index (χ2n) is 5.56. The van der Waals surface area contributed by atoms with Gasteiger partial charge in [-0.25, -0.2) is 4.39 Å². The third kappa shape index (κ3) is 3.88. The number of ketones is 1. The molecular formula is C15H19FO3. The first-order valence-electron chi connectivity index (χ1n) is 6.15. The Morgan fingerprint density at radius 2 is 1.84 bits per heavy atom. The molecule has 1 aromatic carbocycles. The van der Waals surface area contributed by atoms with E-state index in [1.807, 2.05) is 0 Å². The average Bonchev–Trinajstić information content (AvgIpc) is 2.28. The molecule has 1 unspecified atom stereocenters. The average molecular weight is 266 g/mol. The molecule has 0 saturated heterocycles. The molecule has 0 amide bonds. The van der Waals surface area contributed by atoms with Crippen molar-refractivity contribution < 1.29 is 18.7 Å². The molecule has 0 fully saturated rings. The molecule has 0 aliphatic carbocycles. The Morgan fingerprint density at radius 3 is 2.37 bits per heavy atom. The number of esters is 1. The Balaban J connectivity index is 2.94. The molecule has 3 nitrogen and oxygen atoms in total. The van der Waals surface area contributed by atoms with Gasteiger partial charge in [0.15, 0.2) is 5.78 Å². The van der Waals surface area contributed by atoms with Crippen molar-refractivity contribution in [1.29, 1.82) is 0 Å². The van der Waals surface area contributed by atoms with E-state index in [-0.39, 0.29) is 5.56 Å². The molecule has 104 valence electrons. The number of hydrogen-bond donors (Lipinski definition) is 0. The summed E-state index contributed by atoms with van der Waals surface area (Å²) in [6.45, 7) is 8.16. The predicted molar refractivity (Wildman–Crippen MR) is 70.5 cm³/mol. The maximum Gasteiger partial charge on any atom is 0.317 e. The van der Waals surface area contributed by atoms with Crippen molar-refractivity contribution in [3.05, 3.63) is 35.1 Å². The minimum Gasteiger partial charge on any atom is -0.459 e. The SMILES string of the molecule is Cc1cccc(C(=O)C(C)C(=O)OC(C)(C)C)c1F. The van der Waals surface area contributed by atoms with Crippen LogP contribution in [0.2, 0.25) is 0 Å². The fourth-order valence-corrected chi connectivity index (χ4v) is 1.57. The van der Waals surface area contributed by atoms with Crippen LogP contribution in [0.4, 0.5) is 4.39 Å². The van der Waals surface area contributed by atoms with Gasteiger partial charge < -0.3 is 4.74 Å². The molecule has 0 heterocycles. The van der Waals surface area contributed by atoms with Crippen LogP contribution in [-0.4, -0.2) is 17.4 Å². The van der Waals surface area contributed by atoms with Crippen LogP contribution in [-0.2, 0) is 9.53 Å². The van der Waals surface area contributed by atoms with E-state index in [4.69, 9.17) is 4.74 Å². The molecule has 0 N–H and O–H groups in total. The van der Waals surface area contributed by atoms with Crippen LogP contribution in [0.1, 0.15) is 43.6 Å². The molecule has 0 aliphatic heterocycles. The van der Waals surface area contributed by atoms with E-state index >= 15 is 0 Å². The van der Waals surface area contributed by atoms with Crippen LogP contribution < -0.4 is 0 Å². The molecule has 0 saturated carbocycles. The van der Waals surface area contributed by atoms with Crippen molar-refractivity contribution in [3.8, 4) is 0 Å². The third-order valence-electron chi connectivity index (χ3n) is 2.61. The Hall–Kier alpha value is -1.71. The molecule has 1 aromatic rings. The summed E-state index contributed by atoms with van der Waals surface area (Å²) in [6, 6.07) is 4.54. The number of ether oxygens (including phenoxy) is 1. The summed E-state index contributed by atoms with van der Waals surface area (Å²) in [5.74, 6) is -2.80. The molecule has 19 heavy (non-hydrogen) atoms. The van der Waals surface area contributed by atoms with Gasteiger partial charge in [-0.15, -0.1) is 0 Å². The highest BCUT2D eigenvalue weighted by molar-refractivity contribution is 6.08. The molecule has 1 rings (SSSR count). The van der Waals surface area contributed by atoms with Crippen LogP contribution in [0.25, 0.3) is 0 Å². The molecule has 1 atom stereocenters. The first kappa shape index (κ1) is 15.3. The normalized spacial score (nSPS) is 12.9. The van der Waals surface area contributed by atoms with Crippen molar-refractivity contribution >= 4 is 11.8 Å². The lowest BCUT2D eigenvalue weighted by molar-refractivity contribution is -0.157. The standard InChI is InChI=1S/C15H19FO3/c1-9-7-6-8-11(12(9)16)13(17)10(2)14(18)19-15(3,4)5/h6-8,10H,1-5H3. The fraction of sp³-hybridized carbons (Fsp3) is 0.467. The first-order chi connectivity index (χ1) is 8.63. The minimum atomic E-state index is -1.02. The Labute approximate surface area is 112 Å². The Kier molecular flexibility index (Phi) is 4.45. The van der Waals surface area contributed by atoms with Crippen LogP contribution in [0.5, 0.6) is 0 Å². The van der Waals surface area contributed by atoms with Crippen molar-refractivity contribution in [1.82, 2.24) is 0 Å². The van der Waals surface area contributed by atoms with E-state index in [1.54, 1.807) is 39.8 Å². The minimum absolute atomic E-state index is 0.0710. The largest absolute Gasteiger partial charge is 0.459 e. The van der Waals surface area contributed by atoms with Gasteiger partial charge >= 0.3 is 5.97 Å². The first-order valence-corrected chi connectivity index (χ1v) is 6.15. The summed E-state index contributed by atoms with van der Waals surface area (Å²) >= 11 is 0. The van der Waals surface area contributed by atoms with Gasteiger partial charge in [0, 0.05) is 0 Å². The van der Waals surface area contributed by atoms with E-state index < -0.39 is 29.1 Å². The van der Waals surface area contributed by atoms with Crippen molar-refractivity contribution in [2.24, 2.45) is 5.92 Å². The fourth-order valence-electron chi connectivity index (χ4n) is 1.57. The number of halogens is 1. The van der Waals surface area contributed by atoms with E-state index in [9.17, 15) is 14.0 Å². The summed E-state index contributed by atoms with van der Waals surface area (Å²) in [5, 5.41) is 0. The second kappa shape index (κ2) is 5.51. The lowest BCUT2D eigenvalue weighted by Gasteiger charge is -2.21. The molecule has 4 heteroatoms. The number of rotatable bonds is 3. The summed E-state index contributed by atoms with van der Waals surface area (Å²) in [7, 11) is 0. The van der Waals surface area contributed by atoms with E-state index in [2.05, 4.69) is 0 Å². The van der Waals surface area contributed by atoms with Gasteiger partial charge in [-0.2, -0.15) is 0 Å². The quantitative estimate of drug-likeness (QED) is 0.479. The maximum atomic E-state index is 13.8. The molecule has 0 aromatic heterocycles. The zero-order chi connectivity index (χ0) is 14.8. The maximum absolute atomic E-state index is 13.8. The third-order valence-corrected chi connectivity index (χ3v) is 2.61. The highest BCUT2D eigenvalue weighted by Crippen LogP contribution is 2.19. The molecule has 0 aliphatic rings. The summed E-state index contributed by atoms with van der Waals surface area (Å²) < 4.78 is 19.0. The van der Waals surface area contributed by atoms with Gasteiger partial charge in [0.2, 0.25) is 0 Å². The lowest BCUT2D eigenvalue weighted by Crippen LogP contribution is -2.31.